The summed E-state index contributed by atoms with van der Waals surface area (Å²) < 4.78 is 10.6. The molecule has 0 saturated carbocycles. The van der Waals surface area contributed by atoms with Crippen molar-refractivity contribution in [2.24, 2.45) is 0 Å². The third kappa shape index (κ3) is 3.09. The number of aryl methyl sites for hydroxylation is 1. The lowest BCUT2D eigenvalue weighted by Crippen LogP contribution is -2.39. The van der Waals surface area contributed by atoms with Gasteiger partial charge in [-0.05, 0) is 43.0 Å². The van der Waals surface area contributed by atoms with Crippen LogP contribution in [0.2, 0.25) is 0 Å². The quantitative estimate of drug-likeness (QED) is 0.914. The molecule has 2 aromatic rings. The van der Waals surface area contributed by atoms with Crippen molar-refractivity contribution in [3.05, 3.63) is 41.2 Å². The van der Waals surface area contributed by atoms with Gasteiger partial charge in [-0.25, -0.2) is 9.97 Å². The zero-order valence-corrected chi connectivity index (χ0v) is 14.3. The van der Waals surface area contributed by atoms with E-state index in [-0.39, 0.29) is 18.7 Å². The number of aromatic nitrogens is 2. The lowest BCUT2D eigenvalue weighted by molar-refractivity contribution is 0.0933. The van der Waals surface area contributed by atoms with E-state index in [1.165, 1.54) is 0 Å². The first-order chi connectivity index (χ1) is 12.1. The van der Waals surface area contributed by atoms with E-state index in [4.69, 9.17) is 9.47 Å². The van der Waals surface area contributed by atoms with Crippen molar-refractivity contribution >= 4 is 11.9 Å². The minimum absolute atomic E-state index is 0.0826. The van der Waals surface area contributed by atoms with Crippen molar-refractivity contribution in [2.75, 3.05) is 25.8 Å². The molecular weight excluding hydrogens is 320 g/mol. The van der Waals surface area contributed by atoms with Gasteiger partial charge in [0.2, 0.25) is 12.7 Å². The Bertz CT molecular complexity index is 822. The molecule has 1 atom stereocenters. The van der Waals surface area contributed by atoms with Gasteiger partial charge >= 0.3 is 0 Å². The lowest BCUT2D eigenvalue weighted by Gasteiger charge is -2.25. The van der Waals surface area contributed by atoms with Gasteiger partial charge in [0, 0.05) is 37.6 Å². The van der Waals surface area contributed by atoms with Crippen molar-refractivity contribution < 1.29 is 14.3 Å². The van der Waals surface area contributed by atoms with E-state index in [1.54, 1.807) is 18.2 Å². The average Bonchev–Trinajstić information content (AvgIpc) is 3.08. The molecule has 1 amide bonds. The highest BCUT2D eigenvalue weighted by Crippen LogP contribution is 2.32. The average molecular weight is 340 g/mol. The number of ether oxygens (including phenoxy) is 2. The molecule has 7 heteroatoms. The van der Waals surface area contributed by atoms with Crippen LogP contribution in [0.3, 0.4) is 0 Å². The fourth-order valence-corrected chi connectivity index (χ4v) is 3.14. The highest BCUT2D eigenvalue weighted by Gasteiger charge is 2.23. The van der Waals surface area contributed by atoms with E-state index >= 15 is 0 Å². The van der Waals surface area contributed by atoms with Crippen LogP contribution >= 0.6 is 0 Å². The van der Waals surface area contributed by atoms with Crippen LogP contribution < -0.4 is 19.7 Å². The number of nitrogens with zero attached hydrogens (tertiary/aromatic N) is 3. The molecule has 0 spiro atoms. The fraction of sp³-hybridized carbons (Fsp3) is 0.389. The second-order valence-corrected chi connectivity index (χ2v) is 6.52. The summed E-state index contributed by atoms with van der Waals surface area (Å²) in [7, 11) is 3.86. The molecular formula is C18H20N4O3. The standard InChI is InChI=1S/C18H20N4O3/c1-22(2)18-19-9-12-7-13(4-5-14(12)21-18)20-17(23)11-3-6-15-16(8-11)25-10-24-15/h3,6,8-9,13H,4-5,7,10H2,1-2H3,(H,20,23)/t13-/m0/s1. The summed E-state index contributed by atoms with van der Waals surface area (Å²) in [5, 5.41) is 3.10. The van der Waals surface area contributed by atoms with Crippen LogP contribution in [0.15, 0.2) is 24.4 Å². The van der Waals surface area contributed by atoms with Crippen molar-refractivity contribution in [3.63, 3.8) is 0 Å². The zero-order chi connectivity index (χ0) is 17.4. The smallest absolute Gasteiger partial charge is 0.251 e. The first kappa shape index (κ1) is 15.7. The second kappa shape index (κ2) is 6.23. The van der Waals surface area contributed by atoms with E-state index in [1.807, 2.05) is 25.2 Å². The van der Waals surface area contributed by atoms with Crippen LogP contribution in [0.5, 0.6) is 11.5 Å². The summed E-state index contributed by atoms with van der Waals surface area (Å²) in [5.74, 6) is 1.92. The summed E-state index contributed by atoms with van der Waals surface area (Å²) >= 11 is 0. The normalized spacial score (nSPS) is 17.8. The molecule has 1 N–H and O–H groups in total. The van der Waals surface area contributed by atoms with E-state index in [0.717, 1.165) is 36.5 Å². The van der Waals surface area contributed by atoms with Gasteiger partial charge in [0.05, 0.1) is 0 Å². The molecule has 0 saturated heterocycles. The Morgan fingerprint density at radius 1 is 1.28 bits per heavy atom. The number of benzene rings is 1. The Hall–Kier alpha value is -2.83. The number of hydrogen-bond acceptors (Lipinski definition) is 6. The lowest BCUT2D eigenvalue weighted by atomic mass is 9.92. The summed E-state index contributed by atoms with van der Waals surface area (Å²) in [6, 6.07) is 5.33. The summed E-state index contributed by atoms with van der Waals surface area (Å²) in [4.78, 5) is 23.4. The Morgan fingerprint density at radius 3 is 2.96 bits per heavy atom. The summed E-state index contributed by atoms with van der Waals surface area (Å²) in [6.07, 6.45) is 4.33. The number of hydrogen-bond donors (Lipinski definition) is 1. The van der Waals surface area contributed by atoms with Crippen molar-refractivity contribution in [2.45, 2.75) is 25.3 Å². The van der Waals surface area contributed by atoms with Gasteiger partial charge in [0.1, 0.15) is 0 Å². The van der Waals surface area contributed by atoms with E-state index in [0.29, 0.717) is 17.1 Å². The van der Waals surface area contributed by atoms with Crippen LogP contribution in [0.1, 0.15) is 28.0 Å². The molecule has 1 aliphatic heterocycles. The third-order valence-corrected chi connectivity index (χ3v) is 4.51. The van der Waals surface area contributed by atoms with Crippen LogP contribution in [-0.4, -0.2) is 42.8 Å². The van der Waals surface area contributed by atoms with Crippen LogP contribution in [0.25, 0.3) is 0 Å². The molecule has 1 aromatic heterocycles. The van der Waals surface area contributed by atoms with Crippen molar-refractivity contribution in [1.82, 2.24) is 15.3 Å². The first-order valence-corrected chi connectivity index (χ1v) is 8.33. The van der Waals surface area contributed by atoms with Crippen LogP contribution in [0.4, 0.5) is 5.95 Å². The van der Waals surface area contributed by atoms with Gasteiger partial charge in [-0.15, -0.1) is 0 Å². The minimum atomic E-state index is -0.0995. The van der Waals surface area contributed by atoms with Gasteiger partial charge in [0.15, 0.2) is 11.5 Å². The number of nitrogens with one attached hydrogen (secondary N) is 1. The van der Waals surface area contributed by atoms with Crippen LogP contribution in [0, 0.1) is 0 Å². The highest BCUT2D eigenvalue weighted by atomic mass is 16.7. The molecule has 0 unspecified atom stereocenters. The fourth-order valence-electron chi connectivity index (χ4n) is 3.14. The predicted octanol–water partition coefficient (Wildman–Crippen LogP) is 1.56. The van der Waals surface area contributed by atoms with E-state index in [2.05, 4.69) is 15.3 Å². The Labute approximate surface area is 146 Å². The van der Waals surface area contributed by atoms with Crippen molar-refractivity contribution in [3.8, 4) is 11.5 Å². The molecule has 25 heavy (non-hydrogen) atoms. The van der Waals surface area contributed by atoms with Gasteiger partial charge < -0.3 is 19.7 Å². The largest absolute Gasteiger partial charge is 0.454 e. The predicted molar refractivity (Wildman–Crippen MR) is 92.2 cm³/mol. The SMILES string of the molecule is CN(C)c1ncc2c(n1)CC[C@H](NC(=O)c1ccc3c(c1)OCO3)C2. The van der Waals surface area contributed by atoms with Gasteiger partial charge in [-0.2, -0.15) is 0 Å². The maximum atomic E-state index is 12.5. The molecule has 0 bridgehead atoms. The number of amides is 1. The molecule has 7 nitrogen and oxygen atoms in total. The number of rotatable bonds is 3. The highest BCUT2D eigenvalue weighted by molar-refractivity contribution is 5.95. The molecule has 4 rings (SSSR count). The second-order valence-electron chi connectivity index (χ2n) is 6.52. The molecule has 0 radical (unpaired) electrons. The van der Waals surface area contributed by atoms with Gasteiger partial charge in [-0.3, -0.25) is 4.79 Å². The maximum Gasteiger partial charge on any atom is 0.251 e. The zero-order valence-electron chi connectivity index (χ0n) is 14.3. The maximum absolute atomic E-state index is 12.5. The minimum Gasteiger partial charge on any atom is -0.454 e. The molecule has 130 valence electrons. The van der Waals surface area contributed by atoms with Gasteiger partial charge in [-0.1, -0.05) is 0 Å². The number of carbonyl (C=O) groups excluding carboxylic acids is 1. The van der Waals surface area contributed by atoms with Crippen LogP contribution in [-0.2, 0) is 12.8 Å². The van der Waals surface area contributed by atoms with Crippen molar-refractivity contribution in [1.29, 1.82) is 0 Å². The topological polar surface area (TPSA) is 76.6 Å². The van der Waals surface area contributed by atoms with E-state index < -0.39 is 0 Å². The third-order valence-electron chi connectivity index (χ3n) is 4.51. The molecule has 2 aliphatic rings. The van der Waals surface area contributed by atoms with E-state index in [9.17, 15) is 4.79 Å². The first-order valence-electron chi connectivity index (χ1n) is 8.33. The Kier molecular flexibility index (Phi) is 3.91. The summed E-state index contributed by atoms with van der Waals surface area (Å²) in [5.41, 5.74) is 2.76. The monoisotopic (exact) mass is 340 g/mol. The Morgan fingerprint density at radius 2 is 2.12 bits per heavy atom. The molecule has 1 aliphatic carbocycles. The molecule has 2 heterocycles. The number of carbonyl (C=O) groups is 1. The Balaban J connectivity index is 1.44. The molecule has 0 fully saturated rings. The molecule has 1 aromatic carbocycles. The number of anilines is 1. The number of fused-ring (bicyclic) bond motifs is 2. The van der Waals surface area contributed by atoms with Gasteiger partial charge in [0.25, 0.3) is 5.91 Å². The summed E-state index contributed by atoms with van der Waals surface area (Å²) in [6.45, 7) is 0.203.